The Hall–Kier alpha value is -0.0400. The molecular formula is C16H35N. The molecular weight excluding hydrogens is 206 g/mol. The third-order valence-corrected chi connectivity index (χ3v) is 3.95. The zero-order chi connectivity index (χ0) is 12.9. The van der Waals surface area contributed by atoms with Crippen LogP contribution in [0.25, 0.3) is 0 Å². The van der Waals surface area contributed by atoms with Crippen molar-refractivity contribution >= 4 is 0 Å². The summed E-state index contributed by atoms with van der Waals surface area (Å²) in [6.07, 6.45) is 10.9. The van der Waals surface area contributed by atoms with Crippen LogP contribution in [-0.4, -0.2) is 13.1 Å². The molecule has 0 unspecified atom stereocenters. The van der Waals surface area contributed by atoms with Crippen LogP contribution >= 0.6 is 0 Å². The Morgan fingerprint density at radius 3 is 1.41 bits per heavy atom. The zero-order valence-electron chi connectivity index (χ0n) is 12.7. The standard InChI is InChI=1S/C16H35N/c1-5-9-11-15(7-3)13-17-14-16(8-4)12-10-6-2/h15-17H,5-14H2,1-4H3/t15-,16+. The fourth-order valence-electron chi connectivity index (χ4n) is 2.38. The van der Waals surface area contributed by atoms with Crippen molar-refractivity contribution in [3.63, 3.8) is 0 Å². The van der Waals surface area contributed by atoms with E-state index in [1.807, 2.05) is 0 Å². The maximum atomic E-state index is 3.71. The lowest BCUT2D eigenvalue weighted by Gasteiger charge is -2.19. The van der Waals surface area contributed by atoms with Crippen LogP contribution < -0.4 is 5.32 Å². The minimum absolute atomic E-state index is 0.902. The van der Waals surface area contributed by atoms with E-state index in [9.17, 15) is 0 Å². The third kappa shape index (κ3) is 9.64. The Kier molecular flexibility index (Phi) is 12.4. The molecule has 0 aromatic rings. The molecule has 104 valence electrons. The van der Waals surface area contributed by atoms with Gasteiger partial charge in [-0.15, -0.1) is 0 Å². The minimum Gasteiger partial charge on any atom is -0.316 e. The van der Waals surface area contributed by atoms with Gasteiger partial charge < -0.3 is 5.32 Å². The second kappa shape index (κ2) is 12.4. The molecule has 1 nitrogen and oxygen atoms in total. The summed E-state index contributed by atoms with van der Waals surface area (Å²) >= 11 is 0. The molecule has 0 spiro atoms. The van der Waals surface area contributed by atoms with E-state index >= 15 is 0 Å². The molecule has 1 N–H and O–H groups in total. The Bertz CT molecular complexity index is 128. The van der Waals surface area contributed by atoms with Crippen molar-refractivity contribution in [2.75, 3.05) is 13.1 Å². The van der Waals surface area contributed by atoms with E-state index in [-0.39, 0.29) is 0 Å². The first-order valence-corrected chi connectivity index (χ1v) is 7.99. The van der Waals surface area contributed by atoms with Crippen LogP contribution in [0.2, 0.25) is 0 Å². The molecule has 1 heteroatoms. The van der Waals surface area contributed by atoms with Gasteiger partial charge in [0.15, 0.2) is 0 Å². The van der Waals surface area contributed by atoms with Crippen molar-refractivity contribution in [2.45, 2.75) is 79.1 Å². The molecule has 0 aliphatic rings. The SMILES string of the molecule is CCCC[C@@H](CC)CNC[C@@H](CC)CCCC. The number of rotatable bonds is 12. The summed E-state index contributed by atoms with van der Waals surface area (Å²) in [4.78, 5) is 0. The van der Waals surface area contributed by atoms with Crippen molar-refractivity contribution in [2.24, 2.45) is 11.8 Å². The maximum Gasteiger partial charge on any atom is -0.00205 e. The average Bonchev–Trinajstić information content (AvgIpc) is 2.37. The van der Waals surface area contributed by atoms with E-state index in [1.165, 1.54) is 64.5 Å². The topological polar surface area (TPSA) is 12.0 Å². The van der Waals surface area contributed by atoms with Crippen LogP contribution in [0.15, 0.2) is 0 Å². The molecule has 0 bridgehead atoms. The number of nitrogens with one attached hydrogen (secondary N) is 1. The van der Waals surface area contributed by atoms with E-state index in [0.717, 1.165) is 11.8 Å². The Labute approximate surface area is 110 Å². The summed E-state index contributed by atoms with van der Waals surface area (Å²) in [6, 6.07) is 0. The smallest absolute Gasteiger partial charge is 0.00205 e. The predicted octanol–water partition coefficient (Wildman–Crippen LogP) is 5.01. The third-order valence-electron chi connectivity index (χ3n) is 3.95. The fraction of sp³-hybridized carbons (Fsp3) is 1.00. The summed E-state index contributed by atoms with van der Waals surface area (Å²) in [6.45, 7) is 11.7. The maximum absolute atomic E-state index is 3.71. The molecule has 0 saturated heterocycles. The summed E-state index contributed by atoms with van der Waals surface area (Å²) < 4.78 is 0. The van der Waals surface area contributed by atoms with E-state index in [2.05, 4.69) is 33.0 Å². The highest BCUT2D eigenvalue weighted by molar-refractivity contribution is 4.65. The number of unbranched alkanes of at least 4 members (excludes halogenated alkanes) is 2. The number of hydrogen-bond donors (Lipinski definition) is 1. The van der Waals surface area contributed by atoms with Crippen molar-refractivity contribution in [1.29, 1.82) is 0 Å². The van der Waals surface area contributed by atoms with Gasteiger partial charge in [0.25, 0.3) is 0 Å². The number of hydrogen-bond acceptors (Lipinski definition) is 1. The Morgan fingerprint density at radius 2 is 1.12 bits per heavy atom. The van der Waals surface area contributed by atoms with Crippen LogP contribution in [0.1, 0.15) is 79.1 Å². The predicted molar refractivity (Wildman–Crippen MR) is 79.5 cm³/mol. The summed E-state index contributed by atoms with van der Waals surface area (Å²) in [5.74, 6) is 1.80. The lowest BCUT2D eigenvalue weighted by Crippen LogP contribution is -2.28. The molecule has 0 saturated carbocycles. The molecule has 17 heavy (non-hydrogen) atoms. The molecule has 0 heterocycles. The van der Waals surface area contributed by atoms with E-state index in [1.54, 1.807) is 0 Å². The lowest BCUT2D eigenvalue weighted by atomic mass is 9.97. The fourth-order valence-corrected chi connectivity index (χ4v) is 2.38. The lowest BCUT2D eigenvalue weighted by molar-refractivity contribution is 0.372. The first-order chi connectivity index (χ1) is 8.28. The highest BCUT2D eigenvalue weighted by Crippen LogP contribution is 2.13. The van der Waals surface area contributed by atoms with Crippen LogP contribution in [0, 0.1) is 11.8 Å². The van der Waals surface area contributed by atoms with Gasteiger partial charge in [-0.2, -0.15) is 0 Å². The largest absolute Gasteiger partial charge is 0.316 e. The van der Waals surface area contributed by atoms with Gasteiger partial charge in [0.1, 0.15) is 0 Å². The van der Waals surface area contributed by atoms with Crippen molar-refractivity contribution < 1.29 is 0 Å². The molecule has 2 atom stereocenters. The molecule has 0 aromatic heterocycles. The Balaban J connectivity index is 3.61. The summed E-state index contributed by atoms with van der Waals surface area (Å²) in [7, 11) is 0. The summed E-state index contributed by atoms with van der Waals surface area (Å²) in [5, 5.41) is 3.71. The first-order valence-electron chi connectivity index (χ1n) is 7.99. The van der Waals surface area contributed by atoms with Crippen molar-refractivity contribution in [3.05, 3.63) is 0 Å². The quantitative estimate of drug-likeness (QED) is 0.506. The van der Waals surface area contributed by atoms with Crippen LogP contribution in [0.4, 0.5) is 0 Å². The molecule has 0 aliphatic carbocycles. The minimum atomic E-state index is 0.902. The van der Waals surface area contributed by atoms with E-state index in [4.69, 9.17) is 0 Å². The van der Waals surface area contributed by atoms with Gasteiger partial charge in [-0.25, -0.2) is 0 Å². The highest BCUT2D eigenvalue weighted by Gasteiger charge is 2.08. The second-order valence-corrected chi connectivity index (χ2v) is 5.49. The molecule has 0 radical (unpaired) electrons. The molecule has 0 aromatic carbocycles. The average molecular weight is 241 g/mol. The molecule has 0 amide bonds. The Morgan fingerprint density at radius 1 is 0.706 bits per heavy atom. The van der Waals surface area contributed by atoms with Gasteiger partial charge in [0.05, 0.1) is 0 Å². The normalized spacial score (nSPS) is 14.8. The van der Waals surface area contributed by atoms with Crippen LogP contribution in [0.5, 0.6) is 0 Å². The molecule has 0 aliphatic heterocycles. The van der Waals surface area contributed by atoms with E-state index < -0.39 is 0 Å². The van der Waals surface area contributed by atoms with Crippen molar-refractivity contribution in [3.8, 4) is 0 Å². The first kappa shape index (κ1) is 17.0. The van der Waals surface area contributed by atoms with Crippen LogP contribution in [0.3, 0.4) is 0 Å². The van der Waals surface area contributed by atoms with Gasteiger partial charge in [-0.1, -0.05) is 66.2 Å². The van der Waals surface area contributed by atoms with Gasteiger partial charge >= 0.3 is 0 Å². The monoisotopic (exact) mass is 241 g/mol. The van der Waals surface area contributed by atoms with Gasteiger partial charge in [-0.05, 0) is 37.8 Å². The van der Waals surface area contributed by atoms with Gasteiger partial charge in [-0.3, -0.25) is 0 Å². The van der Waals surface area contributed by atoms with Crippen molar-refractivity contribution in [1.82, 2.24) is 5.32 Å². The second-order valence-electron chi connectivity index (χ2n) is 5.49. The van der Waals surface area contributed by atoms with Gasteiger partial charge in [0.2, 0.25) is 0 Å². The van der Waals surface area contributed by atoms with E-state index in [0.29, 0.717) is 0 Å². The summed E-state index contributed by atoms with van der Waals surface area (Å²) in [5.41, 5.74) is 0. The molecule has 0 rings (SSSR count). The highest BCUT2D eigenvalue weighted by atomic mass is 14.9. The van der Waals surface area contributed by atoms with Gasteiger partial charge in [0, 0.05) is 0 Å². The molecule has 0 fully saturated rings. The zero-order valence-corrected chi connectivity index (χ0v) is 12.7. The van der Waals surface area contributed by atoms with Crippen LogP contribution in [-0.2, 0) is 0 Å².